The smallest absolute Gasteiger partial charge is 0.165 e. The molecular weight excluding hydrogens is 783 g/mol. The number of nitrogens with one attached hydrogen (secondary N) is 2. The van der Waals surface area contributed by atoms with Crippen LogP contribution in [0.3, 0.4) is 0 Å². The van der Waals surface area contributed by atoms with Crippen LogP contribution in [-0.4, -0.2) is 24.5 Å². The lowest BCUT2D eigenvalue weighted by Crippen LogP contribution is -2.45. The van der Waals surface area contributed by atoms with E-state index in [0.717, 1.165) is 89.6 Å². The van der Waals surface area contributed by atoms with Gasteiger partial charge in [0.25, 0.3) is 0 Å². The maximum absolute atomic E-state index is 5.55. The number of amidine groups is 1. The normalized spacial score (nSPS) is 15.0. The number of nitrogens with zero attached hydrogens (tertiary/aromatic N) is 5. The van der Waals surface area contributed by atoms with Gasteiger partial charge in [-0.3, -0.25) is 14.5 Å². The molecule has 0 saturated heterocycles. The Balaban J connectivity index is 0.00000225. The Morgan fingerprint density at radius 1 is 0.469 bits per heavy atom. The molecule has 8 aromatic carbocycles. The van der Waals surface area contributed by atoms with Crippen molar-refractivity contribution in [1.29, 1.82) is 0 Å². The number of aryl methyl sites for hydroxylation is 1. The van der Waals surface area contributed by atoms with E-state index in [-0.39, 0.29) is 12.3 Å². The summed E-state index contributed by atoms with van der Waals surface area (Å²) in [6, 6.07) is 73.0. The molecule has 11 aromatic rings. The molecule has 0 radical (unpaired) electrons. The number of aromatic nitrogens is 4. The predicted octanol–water partition coefficient (Wildman–Crippen LogP) is 13.4. The number of rotatable bonds is 7. The number of para-hydroxylation sites is 3. The van der Waals surface area contributed by atoms with Gasteiger partial charge in [-0.1, -0.05) is 166 Å². The number of aliphatic imine (C=N–C) groups is 1. The molecule has 7 nitrogen and oxygen atoms in total. The van der Waals surface area contributed by atoms with E-state index in [4.69, 9.17) is 9.98 Å². The van der Waals surface area contributed by atoms with Crippen molar-refractivity contribution in [3.8, 4) is 28.5 Å². The first-order chi connectivity index (χ1) is 31.7. The highest BCUT2D eigenvalue weighted by Crippen LogP contribution is 2.44. The monoisotopic (exact) mass is 829 g/mol. The summed E-state index contributed by atoms with van der Waals surface area (Å²) in [7, 11) is 0. The average Bonchev–Trinajstić information content (AvgIpc) is 4.03. The van der Waals surface area contributed by atoms with Crippen LogP contribution in [0, 0.1) is 6.92 Å². The zero-order valence-corrected chi connectivity index (χ0v) is 36.0. The second-order valence-electron chi connectivity index (χ2n) is 16.0. The number of hydrogen-bond acceptors (Lipinski definition) is 4. The van der Waals surface area contributed by atoms with E-state index >= 15 is 0 Å². The summed E-state index contributed by atoms with van der Waals surface area (Å²) in [5, 5.41) is 11.0. The van der Waals surface area contributed by atoms with Crippen molar-refractivity contribution < 1.29 is 0 Å². The van der Waals surface area contributed by atoms with E-state index in [9.17, 15) is 0 Å². The van der Waals surface area contributed by atoms with Crippen LogP contribution in [0.15, 0.2) is 211 Å². The number of imidazole rings is 1. The Bertz CT molecular complexity index is 3460. The van der Waals surface area contributed by atoms with Crippen LogP contribution >= 0.6 is 0 Å². The van der Waals surface area contributed by atoms with E-state index in [1.165, 1.54) is 10.8 Å². The summed E-state index contributed by atoms with van der Waals surface area (Å²) in [5.41, 5.74) is 14.1. The molecule has 12 rings (SSSR count). The fraction of sp³-hybridized carbons (Fsp3) is 0.0877. The highest BCUT2D eigenvalue weighted by atomic mass is 15.3. The van der Waals surface area contributed by atoms with E-state index in [1.54, 1.807) is 0 Å². The third kappa shape index (κ3) is 6.57. The molecule has 0 spiro atoms. The molecule has 7 heteroatoms. The van der Waals surface area contributed by atoms with Crippen molar-refractivity contribution >= 4 is 49.7 Å². The van der Waals surface area contributed by atoms with Crippen molar-refractivity contribution in [1.82, 2.24) is 29.3 Å². The Labute approximate surface area is 372 Å². The molecule has 1 aliphatic rings. The van der Waals surface area contributed by atoms with E-state index in [2.05, 4.69) is 231 Å². The largest absolute Gasteiger partial charge is 0.350 e. The van der Waals surface area contributed by atoms with Crippen LogP contribution in [0.2, 0.25) is 0 Å². The lowest BCUT2D eigenvalue weighted by molar-refractivity contribution is 0.409. The van der Waals surface area contributed by atoms with Crippen molar-refractivity contribution in [2.45, 2.75) is 33.1 Å². The lowest BCUT2D eigenvalue weighted by atomic mass is 10.0. The molecule has 0 aliphatic carbocycles. The van der Waals surface area contributed by atoms with Crippen LogP contribution < -0.4 is 10.6 Å². The number of hydrogen-bond donors (Lipinski definition) is 2. The third-order valence-corrected chi connectivity index (χ3v) is 12.1. The second-order valence-corrected chi connectivity index (χ2v) is 16.0. The molecule has 310 valence electrons. The van der Waals surface area contributed by atoms with Crippen LogP contribution in [0.4, 0.5) is 0 Å². The average molecular weight is 830 g/mol. The van der Waals surface area contributed by atoms with Crippen LogP contribution in [0.5, 0.6) is 0 Å². The molecule has 3 aromatic heterocycles. The van der Waals surface area contributed by atoms with E-state index < -0.39 is 0 Å². The van der Waals surface area contributed by atoms with Gasteiger partial charge < -0.3 is 9.88 Å². The van der Waals surface area contributed by atoms with Gasteiger partial charge >= 0.3 is 0 Å². The zero-order valence-electron chi connectivity index (χ0n) is 36.0. The minimum Gasteiger partial charge on any atom is -0.350 e. The zero-order chi connectivity index (χ0) is 43.1. The summed E-state index contributed by atoms with van der Waals surface area (Å²) in [6.07, 6.45) is -0.429. The molecular formula is C57H47N7. The minimum absolute atomic E-state index is 0.132. The molecule has 0 bridgehead atoms. The highest BCUT2D eigenvalue weighted by Gasteiger charge is 2.29. The van der Waals surface area contributed by atoms with Gasteiger partial charge in [0.05, 0.1) is 16.6 Å². The first-order valence-corrected chi connectivity index (χ1v) is 22.2. The Hall–Kier alpha value is -8.00. The van der Waals surface area contributed by atoms with Gasteiger partial charge in [0.2, 0.25) is 0 Å². The fourth-order valence-corrected chi connectivity index (χ4v) is 9.46. The molecule has 64 heavy (non-hydrogen) atoms. The molecule has 2 atom stereocenters. The number of fused-ring (bicyclic) bond motifs is 7. The van der Waals surface area contributed by atoms with Gasteiger partial charge in [-0.15, -0.1) is 0 Å². The Morgan fingerprint density at radius 3 is 1.75 bits per heavy atom. The summed E-state index contributed by atoms with van der Waals surface area (Å²) in [4.78, 5) is 10.9. The van der Waals surface area contributed by atoms with Crippen LogP contribution in [0.1, 0.15) is 48.4 Å². The molecule has 1 aliphatic heterocycles. The summed E-state index contributed by atoms with van der Waals surface area (Å²) >= 11 is 0. The maximum atomic E-state index is 5.55. The van der Waals surface area contributed by atoms with Crippen molar-refractivity contribution in [2.75, 3.05) is 0 Å². The van der Waals surface area contributed by atoms with Crippen molar-refractivity contribution in [3.05, 3.63) is 229 Å². The SMILES string of the molecule is CC.Cc1cc(C2N=C(c3ccccc3)NC(c3ccccc3)N2)cc(-n2c3ccccc3c3c2ccc2c4c(nc(-c5ccccc5)n4-c4ccccc4)n(-c4ccccc4)c23)c1. The lowest BCUT2D eigenvalue weighted by Gasteiger charge is -2.32. The van der Waals surface area contributed by atoms with Crippen LogP contribution in [0.25, 0.3) is 72.3 Å². The molecule has 0 amide bonds. The van der Waals surface area contributed by atoms with Crippen LogP contribution in [-0.2, 0) is 0 Å². The minimum atomic E-state index is -0.297. The van der Waals surface area contributed by atoms with E-state index in [0.29, 0.717) is 0 Å². The molecule has 0 saturated carbocycles. The van der Waals surface area contributed by atoms with Gasteiger partial charge in [0.1, 0.15) is 29.5 Å². The van der Waals surface area contributed by atoms with Crippen molar-refractivity contribution in [2.24, 2.45) is 4.99 Å². The molecule has 4 heterocycles. The van der Waals surface area contributed by atoms with Gasteiger partial charge in [0.15, 0.2) is 5.65 Å². The standard InChI is InChI=1S/C55H41N7.C2H6/c1-36-33-40(53-57-51(37-19-7-2-8-20-37)56-52(58-53)38-21-9-3-10-22-38)35-43(34-36)60-46-30-18-17-29-44(46)48-47(60)32-31-45-49(48)61(41-25-13-5-14-26-41)55-50(45)62(42-27-15-6-16-28-42)54(59-55)39-23-11-4-12-24-39;1-2/h2-35,51,53,57H,1H3,(H,56,58);1-2H3. The van der Waals surface area contributed by atoms with Gasteiger partial charge in [-0.2, -0.15) is 0 Å². The van der Waals surface area contributed by atoms with Gasteiger partial charge in [0, 0.05) is 44.3 Å². The molecule has 0 fully saturated rings. The summed E-state index contributed by atoms with van der Waals surface area (Å²) in [5.74, 6) is 1.77. The molecule has 2 unspecified atom stereocenters. The second kappa shape index (κ2) is 16.4. The topological polar surface area (TPSA) is 64.1 Å². The summed E-state index contributed by atoms with van der Waals surface area (Å²) in [6.45, 7) is 6.18. The predicted molar refractivity (Wildman–Crippen MR) is 265 cm³/mol. The Kier molecular flexibility index (Phi) is 9.94. The Morgan fingerprint density at radius 2 is 1.06 bits per heavy atom. The molecule has 2 N–H and O–H groups in total. The number of benzene rings is 8. The van der Waals surface area contributed by atoms with E-state index in [1.807, 2.05) is 19.9 Å². The third-order valence-electron chi connectivity index (χ3n) is 12.1. The van der Waals surface area contributed by atoms with Gasteiger partial charge in [-0.25, -0.2) is 9.98 Å². The first-order valence-electron chi connectivity index (χ1n) is 22.2. The van der Waals surface area contributed by atoms with Gasteiger partial charge in [-0.05, 0) is 78.2 Å². The van der Waals surface area contributed by atoms with Crippen molar-refractivity contribution in [3.63, 3.8) is 0 Å². The maximum Gasteiger partial charge on any atom is 0.165 e. The summed E-state index contributed by atoms with van der Waals surface area (Å²) < 4.78 is 7.14. The first kappa shape index (κ1) is 38.9. The quantitative estimate of drug-likeness (QED) is 0.168. The fourth-order valence-electron chi connectivity index (χ4n) is 9.46. The highest BCUT2D eigenvalue weighted by molar-refractivity contribution is 6.25.